The number of allylic oxidation sites excluding steroid dienone is 2. The second kappa shape index (κ2) is 12.5. The van der Waals surface area contributed by atoms with Gasteiger partial charge in [-0.1, -0.05) is 122 Å². The van der Waals surface area contributed by atoms with Crippen LogP contribution < -0.4 is 0 Å². The third-order valence-corrected chi connectivity index (χ3v) is 8.43. The zero-order chi connectivity index (χ0) is 28.5. The van der Waals surface area contributed by atoms with Crippen LogP contribution in [0.25, 0.3) is 44.8 Å². The topological polar surface area (TPSA) is 40.5 Å². The van der Waals surface area contributed by atoms with Gasteiger partial charge in [0, 0.05) is 11.1 Å². The number of fused-ring (bicyclic) bond motifs is 4. The molecule has 3 heteroatoms. The number of phenolic OH excluding ortho intramolecular Hbond substituents is 2. The Morgan fingerprint density at radius 2 is 0.860 bits per heavy atom. The van der Waals surface area contributed by atoms with Crippen LogP contribution in [0.3, 0.4) is 0 Å². The maximum atomic E-state index is 10.4. The molecule has 8 rings (SSSR count). The minimum Gasteiger partial charge on any atom is -0.507 e. The van der Waals surface area contributed by atoms with Crippen LogP contribution >= 0.6 is 0 Å². The Morgan fingerprint density at radius 3 is 1.33 bits per heavy atom. The summed E-state index contributed by atoms with van der Waals surface area (Å²) in [5.41, 5.74) is 6.89. The van der Waals surface area contributed by atoms with E-state index in [1.54, 1.807) is 12.1 Å². The van der Waals surface area contributed by atoms with Crippen molar-refractivity contribution in [2.45, 2.75) is 24.7 Å². The summed E-state index contributed by atoms with van der Waals surface area (Å²) < 4.78 is 0. The van der Waals surface area contributed by atoms with Crippen LogP contribution in [0.5, 0.6) is 11.5 Å². The largest absolute Gasteiger partial charge is 2.00 e. The first-order valence-corrected chi connectivity index (χ1v) is 14.5. The van der Waals surface area contributed by atoms with Gasteiger partial charge in [-0.3, -0.25) is 12.2 Å². The molecule has 0 amide bonds. The standard InChI is InChI=1S/C20H14O2.C20H16.Ti/c21-17-11-9-13-5-1-3-7-15(13)19(17)20-16-8-4-2-6-14(16)10-12-18(20)22;1-3-7-19-15(5-1)9-11-17(19)13-14-18-12-10-16-6-2-4-8-20(16)18;/h1-12,21-22H;1-10,17-18H,13-14H2;/q;-2;+2. The van der Waals surface area contributed by atoms with E-state index in [1.165, 1.54) is 22.3 Å². The van der Waals surface area contributed by atoms with Crippen molar-refractivity contribution in [3.63, 3.8) is 0 Å². The molecule has 0 bridgehead atoms. The molecule has 206 valence electrons. The average molecular weight is 591 g/mol. The summed E-state index contributed by atoms with van der Waals surface area (Å²) in [5.74, 6) is 1.26. The van der Waals surface area contributed by atoms with Crippen LogP contribution in [-0.4, -0.2) is 10.2 Å². The van der Waals surface area contributed by atoms with Crippen LogP contribution in [0.1, 0.15) is 46.9 Å². The molecule has 0 heterocycles. The number of phenols is 2. The SMILES string of the molecule is Oc1ccc2ccccc2c1-c1c(O)ccc2ccccc12.[C-]1=Cc2ccccc2C1CCC1[C-]=Cc2ccccc21.[Ti+2]. The predicted octanol–water partition coefficient (Wildman–Crippen LogP) is 10.1. The van der Waals surface area contributed by atoms with Gasteiger partial charge in [0.2, 0.25) is 0 Å². The Kier molecular flexibility index (Phi) is 8.34. The zero-order valence-electron chi connectivity index (χ0n) is 23.7. The normalized spacial score (nSPS) is 15.9. The average Bonchev–Trinajstić information content (AvgIpc) is 3.65. The zero-order valence-corrected chi connectivity index (χ0v) is 25.2. The monoisotopic (exact) mass is 590 g/mol. The van der Waals surface area contributed by atoms with E-state index in [1.807, 2.05) is 60.7 Å². The second-order valence-corrected chi connectivity index (χ2v) is 10.9. The summed E-state index contributed by atoms with van der Waals surface area (Å²) in [5, 5.41) is 24.8. The fraction of sp³-hybridized carbons (Fsp3) is 0.100. The van der Waals surface area contributed by atoms with E-state index >= 15 is 0 Å². The molecular weight excluding hydrogens is 560 g/mol. The summed E-state index contributed by atoms with van der Waals surface area (Å²) in [6.45, 7) is 0. The molecule has 2 nitrogen and oxygen atoms in total. The van der Waals surface area contributed by atoms with Crippen LogP contribution in [-0.2, 0) is 21.7 Å². The van der Waals surface area contributed by atoms with Crippen molar-refractivity contribution in [2.24, 2.45) is 0 Å². The van der Waals surface area contributed by atoms with Gasteiger partial charge >= 0.3 is 21.7 Å². The molecule has 0 radical (unpaired) electrons. The molecule has 0 saturated heterocycles. The van der Waals surface area contributed by atoms with Crippen LogP contribution in [0.2, 0.25) is 0 Å². The van der Waals surface area contributed by atoms with Crippen molar-refractivity contribution < 1.29 is 31.9 Å². The van der Waals surface area contributed by atoms with Crippen molar-refractivity contribution in [2.75, 3.05) is 0 Å². The van der Waals surface area contributed by atoms with Gasteiger partial charge in [-0.25, -0.2) is 12.2 Å². The Morgan fingerprint density at radius 1 is 0.465 bits per heavy atom. The Hall–Kier alpha value is -4.37. The van der Waals surface area contributed by atoms with Crippen LogP contribution in [0.15, 0.2) is 121 Å². The molecule has 0 aliphatic heterocycles. The third kappa shape index (κ3) is 5.57. The number of aromatic hydroxyl groups is 2. The molecule has 2 unspecified atom stereocenters. The van der Waals surface area contributed by atoms with Crippen molar-refractivity contribution in [3.05, 3.63) is 156 Å². The van der Waals surface area contributed by atoms with Gasteiger partial charge in [0.1, 0.15) is 11.5 Å². The smallest absolute Gasteiger partial charge is 0.507 e. The fourth-order valence-corrected chi connectivity index (χ4v) is 6.34. The maximum absolute atomic E-state index is 10.4. The quantitative estimate of drug-likeness (QED) is 0.158. The Labute approximate surface area is 267 Å². The molecule has 0 saturated carbocycles. The van der Waals surface area contributed by atoms with Gasteiger partial charge in [0.05, 0.1) is 0 Å². The summed E-state index contributed by atoms with van der Waals surface area (Å²) in [6.07, 6.45) is 13.6. The fourth-order valence-electron chi connectivity index (χ4n) is 6.34. The molecule has 2 aliphatic rings. The number of benzene rings is 6. The van der Waals surface area contributed by atoms with Gasteiger partial charge in [-0.15, -0.1) is 23.3 Å². The molecule has 0 fully saturated rings. The number of rotatable bonds is 4. The molecule has 2 atom stereocenters. The van der Waals surface area contributed by atoms with Gasteiger partial charge in [0.15, 0.2) is 0 Å². The van der Waals surface area contributed by atoms with Crippen molar-refractivity contribution in [1.82, 2.24) is 0 Å². The van der Waals surface area contributed by atoms with E-state index in [0.29, 0.717) is 23.0 Å². The Balaban J connectivity index is 0.000000150. The van der Waals surface area contributed by atoms with Gasteiger partial charge in [-0.05, 0) is 33.7 Å². The van der Waals surface area contributed by atoms with E-state index in [-0.39, 0.29) is 33.2 Å². The molecule has 6 aromatic carbocycles. The molecule has 2 N–H and O–H groups in total. The Bertz CT molecular complexity index is 1840. The van der Waals surface area contributed by atoms with Gasteiger partial charge in [0.25, 0.3) is 0 Å². The molecule has 6 aromatic rings. The molecular formula is C40H30O2Ti. The van der Waals surface area contributed by atoms with E-state index in [4.69, 9.17) is 0 Å². The second-order valence-electron chi connectivity index (χ2n) is 10.9. The van der Waals surface area contributed by atoms with E-state index < -0.39 is 0 Å². The first-order chi connectivity index (χ1) is 20.7. The van der Waals surface area contributed by atoms with E-state index in [0.717, 1.165) is 34.4 Å². The minimum atomic E-state index is 0. The van der Waals surface area contributed by atoms with E-state index in [2.05, 4.69) is 72.8 Å². The molecule has 2 aliphatic carbocycles. The molecule has 0 spiro atoms. The molecule has 43 heavy (non-hydrogen) atoms. The summed E-state index contributed by atoms with van der Waals surface area (Å²) in [7, 11) is 0. The first-order valence-electron chi connectivity index (χ1n) is 14.5. The van der Waals surface area contributed by atoms with Crippen molar-refractivity contribution in [1.29, 1.82) is 0 Å². The third-order valence-electron chi connectivity index (χ3n) is 8.43. The van der Waals surface area contributed by atoms with Crippen molar-refractivity contribution >= 4 is 33.7 Å². The maximum Gasteiger partial charge on any atom is 2.00 e. The van der Waals surface area contributed by atoms with Crippen LogP contribution in [0, 0.1) is 12.2 Å². The van der Waals surface area contributed by atoms with Crippen LogP contribution in [0.4, 0.5) is 0 Å². The van der Waals surface area contributed by atoms with Gasteiger partial charge < -0.3 is 10.2 Å². The summed E-state index contributed by atoms with van der Waals surface area (Å²) in [4.78, 5) is 0. The summed E-state index contributed by atoms with van der Waals surface area (Å²) >= 11 is 0. The van der Waals surface area contributed by atoms with Gasteiger partial charge in [-0.2, -0.15) is 11.1 Å². The number of hydrogen-bond donors (Lipinski definition) is 2. The summed E-state index contributed by atoms with van der Waals surface area (Å²) in [6, 6.07) is 40.1. The number of hydrogen-bond acceptors (Lipinski definition) is 2. The molecule has 0 aromatic heterocycles. The minimum absolute atomic E-state index is 0. The first kappa shape index (κ1) is 28.7. The van der Waals surface area contributed by atoms with Crippen molar-refractivity contribution in [3.8, 4) is 22.6 Å². The predicted molar refractivity (Wildman–Crippen MR) is 173 cm³/mol. The van der Waals surface area contributed by atoms with E-state index in [9.17, 15) is 10.2 Å².